The quantitative estimate of drug-likeness (QED) is 0.651. The molecule has 2 amide bonds. The number of benzene rings is 1. The van der Waals surface area contributed by atoms with Gasteiger partial charge in [-0.05, 0) is 52.5 Å². The summed E-state index contributed by atoms with van der Waals surface area (Å²) in [5.41, 5.74) is -0.476. The number of nitrogens with zero attached hydrogens (tertiary/aromatic N) is 2. The first-order valence-corrected chi connectivity index (χ1v) is 11.0. The average Bonchev–Trinajstić information content (AvgIpc) is 2.66. The van der Waals surface area contributed by atoms with Crippen molar-refractivity contribution < 1.29 is 19.1 Å². The van der Waals surface area contributed by atoms with Crippen LogP contribution in [-0.4, -0.2) is 49.0 Å². The molecule has 7 nitrogen and oxygen atoms in total. The molecule has 2 heterocycles. The minimum atomic E-state index is -0.839. The molecule has 1 N–H and O–H groups in total. The van der Waals surface area contributed by atoms with E-state index in [1.165, 1.54) is 11.3 Å². The van der Waals surface area contributed by atoms with Crippen LogP contribution in [0.1, 0.15) is 71.3 Å². The maximum Gasteiger partial charge on any atom is 0.414 e. The first-order valence-electron chi connectivity index (χ1n) is 11.0. The Labute approximate surface area is 185 Å². The molecule has 2 aliphatic heterocycles. The van der Waals surface area contributed by atoms with Crippen LogP contribution in [0.2, 0.25) is 0 Å². The van der Waals surface area contributed by atoms with Gasteiger partial charge in [0.1, 0.15) is 30.3 Å². The molecule has 4 rings (SSSR count). The molecule has 2 spiro atoms. The second-order valence-electron chi connectivity index (χ2n) is 10.0. The number of nitrogens with one attached hydrogen (secondary N) is 1. The van der Waals surface area contributed by atoms with Gasteiger partial charge >= 0.3 is 6.09 Å². The predicted molar refractivity (Wildman–Crippen MR) is 119 cm³/mol. The van der Waals surface area contributed by atoms with E-state index in [9.17, 15) is 9.59 Å². The summed E-state index contributed by atoms with van der Waals surface area (Å²) >= 11 is 0. The highest BCUT2D eigenvalue weighted by molar-refractivity contribution is 6.32. The molecular formula is C23H30BN3O4. The predicted octanol–water partition coefficient (Wildman–Crippen LogP) is 2.90. The van der Waals surface area contributed by atoms with Crippen molar-refractivity contribution in [3.63, 3.8) is 0 Å². The Hall–Kier alpha value is -2.51. The fraction of sp³-hybridized carbons (Fsp3) is 0.609. The summed E-state index contributed by atoms with van der Waals surface area (Å²) in [6.45, 7) is 5.36. The molecule has 31 heavy (non-hydrogen) atoms. The summed E-state index contributed by atoms with van der Waals surface area (Å²) in [6.07, 6.45) is 5.33. The highest BCUT2D eigenvalue weighted by Gasteiger charge is 2.53. The lowest BCUT2D eigenvalue weighted by atomic mass is 9.68. The molecule has 1 aromatic carbocycles. The number of amides is 2. The van der Waals surface area contributed by atoms with E-state index in [2.05, 4.69) is 5.32 Å². The third kappa shape index (κ3) is 4.30. The molecule has 0 bridgehead atoms. The van der Waals surface area contributed by atoms with Crippen LogP contribution in [0.15, 0.2) is 23.2 Å². The molecule has 8 heteroatoms. The topological polar surface area (TPSA) is 80.2 Å². The Morgan fingerprint density at radius 2 is 1.97 bits per heavy atom. The lowest BCUT2D eigenvalue weighted by molar-refractivity contribution is -0.130. The normalized spacial score (nSPS) is 25.0. The maximum atomic E-state index is 13.1. The number of alkyl carbamates (subject to hydrolysis) is 1. The number of carbonyl (C=O) groups excluding carboxylic acids is 2. The zero-order chi connectivity index (χ0) is 22.4. The van der Waals surface area contributed by atoms with Crippen LogP contribution in [0, 0.1) is 0 Å². The van der Waals surface area contributed by atoms with E-state index < -0.39 is 17.2 Å². The van der Waals surface area contributed by atoms with Gasteiger partial charge in [0.05, 0.1) is 6.42 Å². The van der Waals surface area contributed by atoms with Gasteiger partial charge in [0.25, 0.3) is 0 Å². The molecule has 0 aromatic heterocycles. The number of fused-ring (bicyclic) bond motifs is 2. The molecule has 1 aromatic rings. The van der Waals surface area contributed by atoms with Crippen molar-refractivity contribution >= 4 is 31.3 Å². The first-order chi connectivity index (χ1) is 14.5. The van der Waals surface area contributed by atoms with Gasteiger partial charge in [-0.2, -0.15) is 0 Å². The van der Waals surface area contributed by atoms with Gasteiger partial charge in [0, 0.05) is 19.0 Å². The van der Waals surface area contributed by atoms with Crippen LogP contribution in [0.5, 0.6) is 5.75 Å². The van der Waals surface area contributed by atoms with Crippen molar-refractivity contribution in [3.8, 4) is 5.75 Å². The summed E-state index contributed by atoms with van der Waals surface area (Å²) in [6, 6.07) is 5.54. The van der Waals surface area contributed by atoms with E-state index >= 15 is 0 Å². The van der Waals surface area contributed by atoms with Crippen LogP contribution in [0.4, 0.5) is 4.79 Å². The van der Waals surface area contributed by atoms with Crippen molar-refractivity contribution in [1.82, 2.24) is 10.2 Å². The van der Waals surface area contributed by atoms with E-state index in [1.807, 2.05) is 18.2 Å². The van der Waals surface area contributed by atoms with Gasteiger partial charge in [0.2, 0.25) is 11.9 Å². The second-order valence-corrected chi connectivity index (χ2v) is 10.0. The number of rotatable bonds is 0. The Kier molecular flexibility index (Phi) is 5.30. The van der Waals surface area contributed by atoms with Crippen molar-refractivity contribution in [3.05, 3.63) is 23.8 Å². The standard InChI is InChI=1S/C23H30BN3O4/c1-21(2,3)31-20(29)25-19-26-23(13-18(28)27(19)4)14-22(10-6-5-7-11-22)30-17-9-8-15(24)12-16(17)23/h8-9,12H,5-7,10-11,13-14H2,1-4H3,(H,25,26,29). The van der Waals surface area contributed by atoms with Gasteiger partial charge in [-0.3, -0.25) is 15.0 Å². The molecule has 0 saturated heterocycles. The van der Waals surface area contributed by atoms with Crippen LogP contribution < -0.4 is 15.5 Å². The maximum absolute atomic E-state index is 13.1. The van der Waals surface area contributed by atoms with Crippen LogP contribution in [-0.2, 0) is 15.1 Å². The van der Waals surface area contributed by atoms with Crippen LogP contribution >= 0.6 is 0 Å². The van der Waals surface area contributed by atoms with Crippen molar-refractivity contribution in [1.29, 1.82) is 0 Å². The summed E-state index contributed by atoms with van der Waals surface area (Å²) in [4.78, 5) is 31.9. The van der Waals surface area contributed by atoms with Crippen LogP contribution in [0.3, 0.4) is 0 Å². The number of ether oxygens (including phenoxy) is 2. The number of hydrogen-bond acceptors (Lipinski definition) is 5. The largest absolute Gasteiger partial charge is 0.487 e. The van der Waals surface area contributed by atoms with Crippen molar-refractivity contribution in [2.45, 2.75) is 82.5 Å². The Morgan fingerprint density at radius 3 is 2.65 bits per heavy atom. The SMILES string of the molecule is [B]c1ccc2c(c1)C1(CC(=O)N(C)C(NC(=O)OC(C)(C)C)=N1)CC1(CCCCC1)O2. The Morgan fingerprint density at radius 1 is 1.26 bits per heavy atom. The first kappa shape index (κ1) is 21.7. The molecule has 2 radical (unpaired) electrons. The second kappa shape index (κ2) is 7.57. The zero-order valence-electron chi connectivity index (χ0n) is 18.8. The number of aliphatic imine (C=N–C) groups is 1. The van der Waals surface area contributed by atoms with E-state index in [1.54, 1.807) is 27.8 Å². The molecule has 1 saturated carbocycles. The smallest absolute Gasteiger partial charge is 0.414 e. The van der Waals surface area contributed by atoms with Gasteiger partial charge in [-0.1, -0.05) is 24.0 Å². The molecular weight excluding hydrogens is 393 g/mol. The van der Waals surface area contributed by atoms with Gasteiger partial charge in [0.15, 0.2) is 0 Å². The third-order valence-electron chi connectivity index (χ3n) is 6.28. The summed E-state index contributed by atoms with van der Waals surface area (Å²) in [7, 11) is 7.71. The third-order valence-corrected chi connectivity index (χ3v) is 6.28. The summed E-state index contributed by atoms with van der Waals surface area (Å²) < 4.78 is 11.9. The van der Waals surface area contributed by atoms with Gasteiger partial charge in [-0.15, -0.1) is 0 Å². The van der Waals surface area contributed by atoms with Crippen LogP contribution in [0.25, 0.3) is 0 Å². The minimum absolute atomic E-state index is 0.123. The molecule has 164 valence electrons. The summed E-state index contributed by atoms with van der Waals surface area (Å²) in [5.74, 6) is 0.786. The molecule has 1 unspecified atom stereocenters. The lowest BCUT2D eigenvalue weighted by Crippen LogP contribution is -2.57. The number of carbonyl (C=O) groups is 2. The fourth-order valence-electron chi connectivity index (χ4n) is 4.94. The molecule has 3 aliphatic rings. The molecule has 1 aliphatic carbocycles. The molecule has 1 atom stereocenters. The highest BCUT2D eigenvalue weighted by Crippen LogP contribution is 2.53. The van der Waals surface area contributed by atoms with E-state index in [0.29, 0.717) is 11.9 Å². The highest BCUT2D eigenvalue weighted by atomic mass is 16.6. The van der Waals surface area contributed by atoms with E-state index in [0.717, 1.165) is 37.0 Å². The average molecular weight is 423 g/mol. The lowest BCUT2D eigenvalue weighted by Gasteiger charge is -2.50. The van der Waals surface area contributed by atoms with Gasteiger partial charge < -0.3 is 9.47 Å². The summed E-state index contributed by atoms with van der Waals surface area (Å²) in [5, 5.41) is 2.69. The van der Waals surface area contributed by atoms with Crippen molar-refractivity contribution in [2.24, 2.45) is 4.99 Å². The fourth-order valence-corrected chi connectivity index (χ4v) is 4.94. The van der Waals surface area contributed by atoms with Crippen molar-refractivity contribution in [2.75, 3.05) is 7.05 Å². The Balaban J connectivity index is 1.78. The zero-order valence-corrected chi connectivity index (χ0v) is 18.8. The number of guanidine groups is 1. The van der Waals surface area contributed by atoms with Gasteiger partial charge in [-0.25, -0.2) is 9.79 Å². The Bertz CT molecular complexity index is 933. The monoisotopic (exact) mass is 423 g/mol. The molecule has 1 fully saturated rings. The van der Waals surface area contributed by atoms with E-state index in [4.69, 9.17) is 22.3 Å². The number of hydrogen-bond donors (Lipinski definition) is 1. The van der Waals surface area contributed by atoms with E-state index in [-0.39, 0.29) is 23.9 Å². The minimum Gasteiger partial charge on any atom is -0.487 e.